The lowest BCUT2D eigenvalue weighted by molar-refractivity contribution is -0.121. The lowest BCUT2D eigenvalue weighted by Crippen LogP contribution is -2.44. The molecule has 1 aromatic carbocycles. The van der Waals surface area contributed by atoms with Gasteiger partial charge in [-0.2, -0.15) is 0 Å². The van der Waals surface area contributed by atoms with Crippen LogP contribution in [0.25, 0.3) is 0 Å². The zero-order chi connectivity index (χ0) is 15.3. The second kappa shape index (κ2) is 6.58. The van der Waals surface area contributed by atoms with Gasteiger partial charge in [0.2, 0.25) is 5.91 Å². The van der Waals surface area contributed by atoms with Crippen LogP contribution in [-0.4, -0.2) is 37.1 Å². The largest absolute Gasteiger partial charge is 0.399 e. The summed E-state index contributed by atoms with van der Waals surface area (Å²) in [7, 11) is 0. The highest BCUT2D eigenvalue weighted by Crippen LogP contribution is 2.23. The Kier molecular flexibility index (Phi) is 4.80. The molecule has 0 radical (unpaired) electrons. The first-order chi connectivity index (χ1) is 9.98. The minimum absolute atomic E-state index is 0.0563. The molecule has 1 aromatic rings. The monoisotopic (exact) mass is 291 g/mol. The van der Waals surface area contributed by atoms with Gasteiger partial charge in [0.25, 0.3) is 5.91 Å². The zero-order valence-corrected chi connectivity index (χ0v) is 12.1. The van der Waals surface area contributed by atoms with Crippen molar-refractivity contribution in [2.24, 2.45) is 0 Å². The molecule has 114 valence electrons. The lowest BCUT2D eigenvalue weighted by atomic mass is 10.0. The Hall–Kier alpha value is -2.08. The van der Waals surface area contributed by atoms with Crippen LogP contribution >= 0.6 is 0 Å². The Bertz CT molecular complexity index is 507. The van der Waals surface area contributed by atoms with E-state index >= 15 is 0 Å². The van der Waals surface area contributed by atoms with Crippen LogP contribution in [0.4, 0.5) is 5.69 Å². The Morgan fingerprint density at radius 3 is 2.62 bits per heavy atom. The van der Waals surface area contributed by atoms with Gasteiger partial charge in [0, 0.05) is 24.4 Å². The van der Waals surface area contributed by atoms with Gasteiger partial charge in [0.05, 0.1) is 12.1 Å². The van der Waals surface area contributed by atoms with Crippen LogP contribution in [0.5, 0.6) is 0 Å². The predicted molar refractivity (Wildman–Crippen MR) is 79.8 cm³/mol. The first kappa shape index (κ1) is 15.3. The summed E-state index contributed by atoms with van der Waals surface area (Å²) in [6.45, 7) is 3.12. The van der Waals surface area contributed by atoms with Crippen molar-refractivity contribution < 1.29 is 14.3 Å². The molecule has 6 nitrogen and oxygen atoms in total. The highest BCUT2D eigenvalue weighted by Gasteiger charge is 2.29. The zero-order valence-electron chi connectivity index (χ0n) is 12.1. The quantitative estimate of drug-likeness (QED) is 0.696. The van der Waals surface area contributed by atoms with Gasteiger partial charge in [0.15, 0.2) is 0 Å². The van der Waals surface area contributed by atoms with Crippen molar-refractivity contribution in [3.8, 4) is 0 Å². The van der Waals surface area contributed by atoms with Crippen molar-refractivity contribution in [3.63, 3.8) is 0 Å². The summed E-state index contributed by atoms with van der Waals surface area (Å²) in [5.74, 6) is -0.524. The van der Waals surface area contributed by atoms with Crippen LogP contribution in [0.1, 0.15) is 30.1 Å². The number of nitrogens with two attached hydrogens (primary N) is 1. The summed E-state index contributed by atoms with van der Waals surface area (Å²) in [6, 6.07) is 6.53. The number of hydrogen-bond acceptors (Lipinski definition) is 4. The summed E-state index contributed by atoms with van der Waals surface area (Å²) in [6.07, 6.45) is 1.95. The Labute approximate surface area is 124 Å². The Balaban J connectivity index is 1.73. The van der Waals surface area contributed by atoms with Crippen LogP contribution in [-0.2, 0) is 9.53 Å². The van der Waals surface area contributed by atoms with Crippen molar-refractivity contribution >= 4 is 17.5 Å². The number of rotatable bonds is 5. The Morgan fingerprint density at radius 2 is 2.00 bits per heavy atom. The fraction of sp³-hybridized carbons (Fsp3) is 0.467. The maximum absolute atomic E-state index is 11.8. The highest BCUT2D eigenvalue weighted by atomic mass is 16.5. The van der Waals surface area contributed by atoms with Gasteiger partial charge in [0.1, 0.15) is 0 Å². The van der Waals surface area contributed by atoms with Crippen LogP contribution in [0.15, 0.2) is 24.3 Å². The van der Waals surface area contributed by atoms with E-state index in [9.17, 15) is 9.59 Å². The van der Waals surface area contributed by atoms with Gasteiger partial charge >= 0.3 is 0 Å². The van der Waals surface area contributed by atoms with Gasteiger partial charge in [-0.3, -0.25) is 9.59 Å². The number of nitrogens with one attached hydrogen (secondary N) is 2. The van der Waals surface area contributed by atoms with E-state index < -0.39 is 0 Å². The smallest absolute Gasteiger partial charge is 0.251 e. The van der Waals surface area contributed by atoms with Gasteiger partial charge in [-0.1, -0.05) is 0 Å². The lowest BCUT2D eigenvalue weighted by Gasteiger charge is -2.23. The third kappa shape index (κ3) is 4.46. The third-order valence-corrected chi connectivity index (χ3v) is 3.54. The van der Waals surface area contributed by atoms with Crippen LogP contribution in [0, 0.1) is 0 Å². The van der Waals surface area contributed by atoms with Gasteiger partial charge in [-0.05, 0) is 44.0 Å². The average Bonchev–Trinajstić information content (AvgIpc) is 2.91. The molecule has 1 saturated heterocycles. The van der Waals surface area contributed by atoms with E-state index in [0.717, 1.165) is 19.4 Å². The normalized spacial score (nSPS) is 21.0. The van der Waals surface area contributed by atoms with Gasteiger partial charge in [-0.25, -0.2) is 0 Å². The summed E-state index contributed by atoms with van der Waals surface area (Å²) in [5.41, 5.74) is 6.34. The van der Waals surface area contributed by atoms with E-state index in [2.05, 4.69) is 10.6 Å². The number of carbonyl (C=O) groups excluding carboxylic acids is 2. The topological polar surface area (TPSA) is 93.5 Å². The molecule has 1 fully saturated rings. The van der Waals surface area contributed by atoms with Crippen molar-refractivity contribution in [1.29, 1.82) is 0 Å². The molecule has 0 aliphatic carbocycles. The summed E-state index contributed by atoms with van der Waals surface area (Å²) in [4.78, 5) is 23.6. The van der Waals surface area contributed by atoms with E-state index in [1.807, 2.05) is 6.92 Å². The summed E-state index contributed by atoms with van der Waals surface area (Å²) < 4.78 is 5.58. The molecule has 1 atom stereocenters. The number of benzene rings is 1. The number of amides is 2. The number of anilines is 1. The molecular weight excluding hydrogens is 270 g/mol. The van der Waals surface area contributed by atoms with Crippen molar-refractivity contribution in [1.82, 2.24) is 10.6 Å². The first-order valence-electron chi connectivity index (χ1n) is 7.03. The minimum atomic E-state index is -0.298. The predicted octanol–water partition coefficient (Wildman–Crippen LogP) is 0.684. The molecule has 1 unspecified atom stereocenters. The van der Waals surface area contributed by atoms with Gasteiger partial charge in [-0.15, -0.1) is 0 Å². The summed E-state index contributed by atoms with van der Waals surface area (Å²) >= 11 is 0. The molecule has 1 aliphatic heterocycles. The molecule has 0 bridgehead atoms. The SMILES string of the molecule is CC1(CNC(=O)CNC(=O)c2ccc(N)cc2)CCCO1. The minimum Gasteiger partial charge on any atom is -0.399 e. The number of hydrogen-bond donors (Lipinski definition) is 3. The first-order valence-corrected chi connectivity index (χ1v) is 7.03. The molecular formula is C15H21N3O3. The molecule has 21 heavy (non-hydrogen) atoms. The van der Waals surface area contributed by atoms with Crippen LogP contribution < -0.4 is 16.4 Å². The fourth-order valence-corrected chi connectivity index (χ4v) is 2.22. The molecule has 1 aliphatic rings. The average molecular weight is 291 g/mol. The number of nitrogen functional groups attached to an aromatic ring is 1. The Morgan fingerprint density at radius 1 is 1.29 bits per heavy atom. The van der Waals surface area contributed by atoms with Crippen molar-refractivity contribution in [3.05, 3.63) is 29.8 Å². The van der Waals surface area contributed by atoms with E-state index in [-0.39, 0.29) is 24.0 Å². The third-order valence-electron chi connectivity index (χ3n) is 3.54. The number of carbonyl (C=O) groups is 2. The van der Waals surface area contributed by atoms with Crippen molar-refractivity contribution in [2.75, 3.05) is 25.4 Å². The van der Waals surface area contributed by atoms with Crippen molar-refractivity contribution in [2.45, 2.75) is 25.4 Å². The standard InChI is InChI=1S/C15H21N3O3/c1-15(7-2-8-21-15)10-18-13(19)9-17-14(20)11-3-5-12(16)6-4-11/h3-6H,2,7-10,16H2,1H3,(H,17,20)(H,18,19). The van der Waals surface area contributed by atoms with Crippen LogP contribution in [0.3, 0.4) is 0 Å². The molecule has 4 N–H and O–H groups in total. The molecule has 1 heterocycles. The van der Waals surface area contributed by atoms with Crippen LogP contribution in [0.2, 0.25) is 0 Å². The van der Waals surface area contributed by atoms with E-state index in [1.54, 1.807) is 24.3 Å². The molecule has 2 rings (SSSR count). The number of ether oxygens (including phenoxy) is 1. The maximum Gasteiger partial charge on any atom is 0.251 e. The maximum atomic E-state index is 11.8. The fourth-order valence-electron chi connectivity index (χ4n) is 2.22. The second-order valence-electron chi connectivity index (χ2n) is 5.48. The molecule has 0 aromatic heterocycles. The highest BCUT2D eigenvalue weighted by molar-refractivity contribution is 5.96. The molecule has 2 amide bonds. The van der Waals surface area contributed by atoms with Gasteiger partial charge < -0.3 is 21.1 Å². The second-order valence-corrected chi connectivity index (χ2v) is 5.48. The molecule has 6 heteroatoms. The molecule has 0 saturated carbocycles. The summed E-state index contributed by atoms with van der Waals surface area (Å²) in [5, 5.41) is 5.36. The van der Waals surface area contributed by atoms with E-state index in [0.29, 0.717) is 17.8 Å². The van der Waals surface area contributed by atoms with E-state index in [4.69, 9.17) is 10.5 Å². The molecule has 0 spiro atoms. The van der Waals surface area contributed by atoms with E-state index in [1.165, 1.54) is 0 Å².